The zero-order valence-electron chi connectivity index (χ0n) is 18.9. The number of carbonyl (C=O) groups is 1. The molecular weight excluding hydrogens is 428 g/mol. The lowest BCUT2D eigenvalue weighted by Crippen LogP contribution is -2.24. The van der Waals surface area contributed by atoms with Gasteiger partial charge in [-0.15, -0.1) is 0 Å². The third-order valence-electron chi connectivity index (χ3n) is 6.24. The van der Waals surface area contributed by atoms with Crippen LogP contribution < -0.4 is 0 Å². The smallest absolute Gasteiger partial charge is 0.223 e. The molecule has 0 bridgehead atoms. The number of aromatic amines is 1. The van der Waals surface area contributed by atoms with Crippen molar-refractivity contribution in [2.45, 2.75) is 38.1 Å². The molecule has 0 aliphatic carbocycles. The van der Waals surface area contributed by atoms with Crippen molar-refractivity contribution >= 4 is 27.8 Å². The van der Waals surface area contributed by atoms with Crippen LogP contribution in [0.4, 0.5) is 0 Å². The van der Waals surface area contributed by atoms with Crippen LogP contribution in [0, 0.1) is 11.3 Å². The third kappa shape index (κ3) is 4.75. The molecule has 6 rings (SSSR count). The summed E-state index contributed by atoms with van der Waals surface area (Å²) >= 11 is 0. The van der Waals surface area contributed by atoms with Gasteiger partial charge < -0.3 is 14.6 Å². The van der Waals surface area contributed by atoms with Gasteiger partial charge in [0.25, 0.3) is 0 Å². The van der Waals surface area contributed by atoms with Crippen molar-refractivity contribution in [2.75, 3.05) is 19.8 Å². The predicted octanol–water partition coefficient (Wildman–Crippen LogP) is 4.08. The second-order valence-corrected chi connectivity index (χ2v) is 8.70. The Labute approximate surface area is 197 Å². The number of hydrogen-bond donors (Lipinski definition) is 1. The van der Waals surface area contributed by atoms with E-state index in [0.29, 0.717) is 25.1 Å². The SMILES string of the molecule is C1CCOCC1.N#Cc1ccc2ncc3[nH]c(C4CC(=O)N(Cc5cccnc5)C4)nc3c2c1. The van der Waals surface area contributed by atoms with Crippen molar-refractivity contribution in [3.63, 3.8) is 0 Å². The molecule has 8 nitrogen and oxygen atoms in total. The number of pyridine rings is 2. The first-order chi connectivity index (χ1) is 16.7. The van der Waals surface area contributed by atoms with Crippen molar-refractivity contribution in [1.82, 2.24) is 24.8 Å². The first-order valence-corrected chi connectivity index (χ1v) is 11.6. The van der Waals surface area contributed by atoms with E-state index in [2.05, 4.69) is 21.0 Å². The molecule has 172 valence electrons. The van der Waals surface area contributed by atoms with Crippen LogP contribution in [0.25, 0.3) is 21.9 Å². The largest absolute Gasteiger partial charge is 0.381 e. The number of amides is 1. The van der Waals surface area contributed by atoms with E-state index in [-0.39, 0.29) is 11.8 Å². The third-order valence-corrected chi connectivity index (χ3v) is 6.24. The molecule has 8 heteroatoms. The average molecular weight is 455 g/mol. The fourth-order valence-corrected chi connectivity index (χ4v) is 4.45. The van der Waals surface area contributed by atoms with Crippen molar-refractivity contribution in [2.24, 2.45) is 0 Å². The number of hydrogen-bond acceptors (Lipinski definition) is 6. The fraction of sp³-hybridized carbons (Fsp3) is 0.346. The second-order valence-electron chi connectivity index (χ2n) is 8.70. The van der Waals surface area contributed by atoms with Gasteiger partial charge in [-0.2, -0.15) is 5.26 Å². The number of rotatable bonds is 3. The number of nitrogens with one attached hydrogen (secondary N) is 1. The van der Waals surface area contributed by atoms with Crippen molar-refractivity contribution in [3.8, 4) is 6.07 Å². The van der Waals surface area contributed by atoms with Crippen LogP contribution in [-0.2, 0) is 16.1 Å². The molecule has 1 unspecified atom stereocenters. The van der Waals surface area contributed by atoms with Gasteiger partial charge in [0.2, 0.25) is 5.91 Å². The van der Waals surface area contributed by atoms with Crippen LogP contribution in [0.1, 0.15) is 48.6 Å². The Morgan fingerprint density at radius 1 is 1.18 bits per heavy atom. The zero-order chi connectivity index (χ0) is 23.3. The van der Waals surface area contributed by atoms with Crippen molar-refractivity contribution < 1.29 is 9.53 Å². The molecule has 34 heavy (non-hydrogen) atoms. The maximum absolute atomic E-state index is 12.5. The first-order valence-electron chi connectivity index (χ1n) is 11.6. The molecule has 2 aliphatic rings. The summed E-state index contributed by atoms with van der Waals surface area (Å²) in [5.74, 6) is 0.906. The summed E-state index contributed by atoms with van der Waals surface area (Å²) in [4.78, 5) is 31.0. The van der Waals surface area contributed by atoms with Crippen molar-refractivity contribution in [1.29, 1.82) is 5.26 Å². The minimum Gasteiger partial charge on any atom is -0.381 e. The molecule has 1 amide bonds. The molecule has 1 atom stereocenters. The molecule has 2 saturated heterocycles. The lowest BCUT2D eigenvalue weighted by Gasteiger charge is -2.15. The Morgan fingerprint density at radius 2 is 2.06 bits per heavy atom. The van der Waals surface area contributed by atoms with Gasteiger partial charge >= 0.3 is 0 Å². The van der Waals surface area contributed by atoms with E-state index in [0.717, 1.165) is 46.5 Å². The number of imidazole rings is 1. The lowest BCUT2D eigenvalue weighted by molar-refractivity contribution is -0.128. The number of H-pyrrole nitrogens is 1. The van der Waals surface area contributed by atoms with Gasteiger partial charge in [0.1, 0.15) is 5.82 Å². The fourth-order valence-electron chi connectivity index (χ4n) is 4.45. The average Bonchev–Trinajstić information content (AvgIpc) is 3.49. The Hall–Kier alpha value is -3.83. The summed E-state index contributed by atoms with van der Waals surface area (Å²) in [6.07, 6.45) is 9.62. The number of ether oxygens (including phenoxy) is 1. The number of aromatic nitrogens is 4. The van der Waals surface area contributed by atoms with Gasteiger partial charge in [0.15, 0.2) is 0 Å². The van der Waals surface area contributed by atoms with E-state index >= 15 is 0 Å². The molecule has 4 aromatic rings. The number of fused-ring (bicyclic) bond motifs is 3. The van der Waals surface area contributed by atoms with E-state index < -0.39 is 0 Å². The molecule has 2 aliphatic heterocycles. The maximum atomic E-state index is 12.5. The molecule has 0 saturated carbocycles. The molecule has 0 spiro atoms. The van der Waals surface area contributed by atoms with E-state index in [1.165, 1.54) is 19.3 Å². The summed E-state index contributed by atoms with van der Waals surface area (Å²) in [7, 11) is 0. The lowest BCUT2D eigenvalue weighted by atomic mass is 10.1. The van der Waals surface area contributed by atoms with Crippen molar-refractivity contribution in [3.05, 3.63) is 65.9 Å². The van der Waals surface area contributed by atoms with Crippen LogP contribution in [0.15, 0.2) is 48.9 Å². The first kappa shape index (κ1) is 22.0. The Morgan fingerprint density at radius 3 is 2.76 bits per heavy atom. The molecule has 1 N–H and O–H groups in total. The minimum atomic E-state index is 0.00534. The Bertz CT molecular complexity index is 1330. The van der Waals surface area contributed by atoms with E-state index in [9.17, 15) is 10.1 Å². The highest BCUT2D eigenvalue weighted by Crippen LogP contribution is 2.30. The van der Waals surface area contributed by atoms with Crippen LogP contribution in [0.3, 0.4) is 0 Å². The standard InChI is InChI=1S/C21H16N6O.C5H10O/c22-8-13-3-4-17-16(6-13)20-18(10-24-17)25-21(26-20)15-7-19(28)27(12-15)11-14-2-1-5-23-9-14;1-2-4-6-5-3-1/h1-6,9-10,15H,7,11-12H2,(H,25,26);1-5H2. The molecule has 3 aromatic heterocycles. The monoisotopic (exact) mass is 454 g/mol. The van der Waals surface area contributed by atoms with Gasteiger partial charge in [0.05, 0.1) is 34.4 Å². The highest BCUT2D eigenvalue weighted by Gasteiger charge is 2.32. The van der Waals surface area contributed by atoms with Crippen LogP contribution in [0.5, 0.6) is 0 Å². The molecule has 5 heterocycles. The van der Waals surface area contributed by atoms with E-state index in [1.54, 1.807) is 24.7 Å². The number of carbonyl (C=O) groups excluding carboxylic acids is 1. The normalized spacial score (nSPS) is 18.0. The predicted molar refractivity (Wildman–Crippen MR) is 128 cm³/mol. The molecular formula is C26H26N6O2. The Kier molecular flexibility index (Phi) is 6.45. The summed E-state index contributed by atoms with van der Waals surface area (Å²) in [5.41, 5.74) is 3.99. The molecule has 2 fully saturated rings. The summed E-state index contributed by atoms with van der Waals surface area (Å²) in [6, 6.07) is 11.4. The van der Waals surface area contributed by atoms with Gasteiger partial charge in [0, 0.05) is 56.4 Å². The summed E-state index contributed by atoms with van der Waals surface area (Å²) < 4.78 is 5.07. The van der Waals surface area contributed by atoms with Gasteiger partial charge in [-0.05, 0) is 49.1 Å². The zero-order valence-corrected chi connectivity index (χ0v) is 18.9. The number of nitrogens with zero attached hydrogens (tertiary/aromatic N) is 5. The van der Waals surface area contributed by atoms with Crippen LogP contribution >= 0.6 is 0 Å². The summed E-state index contributed by atoms with van der Waals surface area (Å²) in [6.45, 7) is 3.17. The molecule has 1 aromatic carbocycles. The Balaban J connectivity index is 0.000000351. The second kappa shape index (κ2) is 9.98. The van der Waals surface area contributed by atoms with Gasteiger partial charge in [-0.25, -0.2) is 4.98 Å². The van der Waals surface area contributed by atoms with Gasteiger partial charge in [-0.1, -0.05) is 6.07 Å². The number of likely N-dealkylation sites (tertiary alicyclic amines) is 1. The maximum Gasteiger partial charge on any atom is 0.223 e. The topological polar surface area (TPSA) is 108 Å². The quantitative estimate of drug-likeness (QED) is 0.500. The van der Waals surface area contributed by atoms with E-state index in [1.807, 2.05) is 29.2 Å². The minimum absolute atomic E-state index is 0.00534. The molecule has 0 radical (unpaired) electrons. The number of benzene rings is 1. The van der Waals surface area contributed by atoms with Crippen LogP contribution in [-0.4, -0.2) is 50.5 Å². The van der Waals surface area contributed by atoms with Gasteiger partial charge in [-0.3, -0.25) is 14.8 Å². The van der Waals surface area contributed by atoms with E-state index in [4.69, 9.17) is 9.72 Å². The highest BCUT2D eigenvalue weighted by atomic mass is 16.5. The van der Waals surface area contributed by atoms with Crippen LogP contribution in [0.2, 0.25) is 0 Å². The highest BCUT2D eigenvalue weighted by molar-refractivity contribution is 6.02. The summed E-state index contributed by atoms with van der Waals surface area (Å²) in [5, 5.41) is 10.0. The number of nitriles is 1.